The number of benzene rings is 2. The molecule has 294 valence electrons. The molecule has 2 aromatic carbocycles. The molecule has 0 spiro atoms. The van der Waals surface area contributed by atoms with E-state index in [4.69, 9.17) is 9.31 Å². The molecule has 3 heterocycles. The number of nitrogens with zero attached hydrogens (tertiary/aromatic N) is 2. The van der Waals surface area contributed by atoms with Crippen molar-refractivity contribution in [1.29, 1.82) is 0 Å². The summed E-state index contributed by atoms with van der Waals surface area (Å²) in [5.74, 6) is 0.189. The fourth-order valence-corrected chi connectivity index (χ4v) is 9.46. The molecule has 4 N–H and O–H groups in total. The Morgan fingerprint density at radius 1 is 1.05 bits per heavy atom. The second kappa shape index (κ2) is 14.0. The zero-order valence-corrected chi connectivity index (χ0v) is 32.3. The van der Waals surface area contributed by atoms with E-state index in [1.165, 1.54) is 22.9 Å². The summed E-state index contributed by atoms with van der Waals surface area (Å²) >= 11 is 0. The first-order valence-electron chi connectivity index (χ1n) is 19.2. The fourth-order valence-electron chi connectivity index (χ4n) is 9.46. The molecule has 4 fully saturated rings. The Kier molecular flexibility index (Phi) is 9.89. The summed E-state index contributed by atoms with van der Waals surface area (Å²) in [6, 6.07) is 10.6. The van der Waals surface area contributed by atoms with Crippen LogP contribution in [0.5, 0.6) is 0 Å². The van der Waals surface area contributed by atoms with Crippen LogP contribution in [-0.2, 0) is 32.4 Å². The van der Waals surface area contributed by atoms with Gasteiger partial charge in [0, 0.05) is 18.7 Å². The number of hydrogen-bond acceptors (Lipinski definition) is 7. The highest BCUT2D eigenvalue weighted by atomic mass is 19.4. The van der Waals surface area contributed by atoms with E-state index >= 15 is 0 Å². The number of hydrogen-bond donors (Lipinski definition) is 4. The third-order valence-corrected chi connectivity index (χ3v) is 12.7. The highest BCUT2D eigenvalue weighted by Crippen LogP contribution is 2.65. The zero-order chi connectivity index (χ0) is 39.7. The third kappa shape index (κ3) is 6.91. The lowest BCUT2D eigenvalue weighted by molar-refractivity contribution is -0.199. The van der Waals surface area contributed by atoms with Crippen LogP contribution in [0.2, 0.25) is 0 Å². The molecule has 3 amide bonds. The summed E-state index contributed by atoms with van der Waals surface area (Å²) in [4.78, 5) is 46.9. The van der Waals surface area contributed by atoms with Crippen LogP contribution in [0.25, 0.3) is 0 Å². The number of halogens is 3. The van der Waals surface area contributed by atoms with Gasteiger partial charge in [0.05, 0.1) is 34.9 Å². The van der Waals surface area contributed by atoms with Crippen LogP contribution in [-0.4, -0.2) is 46.3 Å². The number of nitrogens with one attached hydrogen (secondary N) is 4. The third-order valence-electron chi connectivity index (χ3n) is 12.7. The molecule has 3 saturated carbocycles. The van der Waals surface area contributed by atoms with E-state index in [1.54, 1.807) is 13.0 Å². The summed E-state index contributed by atoms with van der Waals surface area (Å²) in [5, 5.41) is 11.9. The van der Waals surface area contributed by atoms with Gasteiger partial charge in [0.15, 0.2) is 0 Å². The Hall–Kier alpha value is -4.37. The van der Waals surface area contributed by atoms with Crippen molar-refractivity contribution in [3.8, 4) is 0 Å². The Morgan fingerprint density at radius 2 is 1.80 bits per heavy atom. The number of rotatable bonds is 10. The normalized spacial score (nSPS) is 28.2. The highest BCUT2D eigenvalue weighted by Gasteiger charge is 2.68. The molecule has 0 unspecified atom stereocenters. The minimum absolute atomic E-state index is 0.00149. The Morgan fingerprint density at radius 3 is 2.49 bits per heavy atom. The number of para-hydroxylation sites is 1. The lowest BCUT2D eigenvalue weighted by Gasteiger charge is -2.64. The molecule has 8 rings (SSSR count). The number of aromatic nitrogens is 2. The number of anilines is 2. The van der Waals surface area contributed by atoms with E-state index in [-0.39, 0.29) is 41.9 Å². The topological polar surface area (TPSA) is 136 Å². The van der Waals surface area contributed by atoms with Gasteiger partial charge in [-0.15, -0.1) is 0 Å². The first kappa shape index (κ1) is 38.9. The van der Waals surface area contributed by atoms with Crippen LogP contribution in [0, 0.1) is 17.3 Å². The highest BCUT2D eigenvalue weighted by molar-refractivity contribution is 6.47. The van der Waals surface area contributed by atoms with Crippen LogP contribution in [0.3, 0.4) is 0 Å². The lowest BCUT2D eigenvalue weighted by Crippen LogP contribution is -2.65. The van der Waals surface area contributed by atoms with Crippen LogP contribution in [0.1, 0.15) is 109 Å². The van der Waals surface area contributed by atoms with Crippen molar-refractivity contribution in [2.75, 3.05) is 10.6 Å². The van der Waals surface area contributed by atoms with Gasteiger partial charge in [-0.2, -0.15) is 13.2 Å². The van der Waals surface area contributed by atoms with E-state index in [0.29, 0.717) is 29.5 Å². The van der Waals surface area contributed by atoms with Crippen molar-refractivity contribution in [2.24, 2.45) is 17.3 Å². The van der Waals surface area contributed by atoms with Gasteiger partial charge in [0.2, 0.25) is 5.91 Å². The molecule has 2 aliphatic heterocycles. The SMILES string of the molecule is CC[C@H](NC(=O)[C@@H]1C[C@@](C)(NC(=O)Nc2ccccc2C(C)C)c2ncc(NCc3cccc(C(F)(F)F)c3)c(=O)n21)B1O[C@@H]2C[C@@H]3C[C@@H](C3(C)C)[C@]2(C)O1. The monoisotopic (exact) mass is 762 g/mol. The Labute approximate surface area is 319 Å². The molecule has 3 aliphatic carbocycles. The Bertz CT molecular complexity index is 2040. The van der Waals surface area contributed by atoms with Gasteiger partial charge in [-0.1, -0.05) is 65.0 Å². The molecule has 5 aliphatic rings. The quantitative estimate of drug-likeness (QED) is 0.161. The Balaban J connectivity index is 1.15. The molecule has 1 aromatic heterocycles. The van der Waals surface area contributed by atoms with Crippen LogP contribution in [0.15, 0.2) is 59.5 Å². The molecule has 2 bridgehead atoms. The minimum Gasteiger partial charge on any atom is -0.404 e. The number of amides is 3. The largest absolute Gasteiger partial charge is 0.481 e. The zero-order valence-electron chi connectivity index (χ0n) is 32.3. The fraction of sp³-hybridized carbons (Fsp3) is 0.550. The molecule has 15 heteroatoms. The average Bonchev–Trinajstić information content (AvgIpc) is 3.64. The predicted molar refractivity (Wildman–Crippen MR) is 203 cm³/mol. The van der Waals surface area contributed by atoms with E-state index in [2.05, 4.69) is 47.0 Å². The number of urea groups is 1. The summed E-state index contributed by atoms with van der Waals surface area (Å²) in [5.41, 5.74) is -1.15. The molecule has 55 heavy (non-hydrogen) atoms. The minimum atomic E-state index is -4.52. The molecular formula is C40H50BF3N6O5. The summed E-state index contributed by atoms with van der Waals surface area (Å²) in [7, 11) is -0.688. The number of carbonyl (C=O) groups excluding carboxylic acids is 2. The number of fused-ring (bicyclic) bond motifs is 1. The van der Waals surface area contributed by atoms with Crippen molar-refractivity contribution in [3.05, 3.63) is 87.6 Å². The number of carbonyl (C=O) groups is 2. The molecular weight excluding hydrogens is 712 g/mol. The van der Waals surface area contributed by atoms with Crippen molar-refractivity contribution < 1.29 is 32.1 Å². The second-order valence-electron chi connectivity index (χ2n) is 17.0. The van der Waals surface area contributed by atoms with E-state index in [1.807, 2.05) is 39.0 Å². The van der Waals surface area contributed by atoms with Crippen molar-refractivity contribution in [3.63, 3.8) is 0 Å². The summed E-state index contributed by atoms with van der Waals surface area (Å²) < 4.78 is 54.6. The number of alkyl halides is 3. The molecule has 0 radical (unpaired) electrons. The van der Waals surface area contributed by atoms with Crippen molar-refractivity contribution in [2.45, 2.75) is 122 Å². The van der Waals surface area contributed by atoms with Crippen LogP contribution in [0.4, 0.5) is 29.3 Å². The van der Waals surface area contributed by atoms with E-state index in [9.17, 15) is 27.6 Å². The van der Waals surface area contributed by atoms with Crippen LogP contribution < -0.4 is 26.8 Å². The maximum atomic E-state index is 14.4. The van der Waals surface area contributed by atoms with Gasteiger partial charge in [0.1, 0.15) is 17.6 Å². The predicted octanol–water partition coefficient (Wildman–Crippen LogP) is 7.14. The lowest BCUT2D eigenvalue weighted by atomic mass is 9.43. The molecule has 1 saturated heterocycles. The standard InChI is InChI=1S/C40H50BF3N6O5/c1-8-32(41-54-31-18-25-17-30(37(25,4)5)39(31,7)55-41)48-33(51)29-19-38(6,49-36(53)47-27-15-10-9-14-26(27)22(2)3)35-46-21-28(34(52)50(29)35)45-20-23-12-11-13-24(16-23)40(42,43)44/h9-16,21-22,25,29-32,45H,8,17-20H2,1-7H3,(H,48,51)(H2,47,49,53)/t25-,29-,30-,31+,32-,38+,39-/m0/s1. The van der Waals surface area contributed by atoms with Crippen molar-refractivity contribution in [1.82, 2.24) is 20.2 Å². The van der Waals surface area contributed by atoms with Crippen molar-refractivity contribution >= 4 is 30.4 Å². The maximum absolute atomic E-state index is 14.4. The summed E-state index contributed by atoms with van der Waals surface area (Å²) in [6.07, 6.45) is -0.853. The average molecular weight is 763 g/mol. The molecule has 3 aromatic rings. The van der Waals surface area contributed by atoms with Gasteiger partial charge < -0.3 is 30.6 Å². The summed E-state index contributed by atoms with van der Waals surface area (Å²) in [6.45, 7) is 14.3. The molecule has 7 atom stereocenters. The van der Waals surface area contributed by atoms with Gasteiger partial charge in [0.25, 0.3) is 5.56 Å². The first-order valence-corrected chi connectivity index (χ1v) is 19.2. The van der Waals surface area contributed by atoms with Gasteiger partial charge in [-0.3, -0.25) is 14.2 Å². The molecule has 11 nitrogen and oxygen atoms in total. The van der Waals surface area contributed by atoms with E-state index < -0.39 is 59.5 Å². The van der Waals surface area contributed by atoms with Gasteiger partial charge in [-0.25, -0.2) is 9.78 Å². The van der Waals surface area contributed by atoms with Crippen LogP contribution >= 0.6 is 0 Å². The van der Waals surface area contributed by atoms with E-state index in [0.717, 1.165) is 30.5 Å². The first-order chi connectivity index (χ1) is 25.9. The van der Waals surface area contributed by atoms with Gasteiger partial charge in [-0.05, 0) is 85.6 Å². The second-order valence-corrected chi connectivity index (χ2v) is 17.0. The van der Waals surface area contributed by atoms with Gasteiger partial charge >= 0.3 is 19.3 Å². The maximum Gasteiger partial charge on any atom is 0.481 e. The smallest absolute Gasteiger partial charge is 0.404 e.